The number of aliphatic hydroxyl groups excluding tert-OH is 1. The van der Waals surface area contributed by atoms with Crippen LogP contribution in [0.25, 0.3) is 0 Å². The third-order valence-corrected chi connectivity index (χ3v) is 3.78. The van der Waals surface area contributed by atoms with Crippen molar-refractivity contribution in [2.75, 3.05) is 19.7 Å². The predicted octanol–water partition coefficient (Wildman–Crippen LogP) is 3.73. The van der Waals surface area contributed by atoms with Crippen molar-refractivity contribution in [3.63, 3.8) is 0 Å². The quantitative estimate of drug-likeness (QED) is 0.750. The van der Waals surface area contributed by atoms with Crippen LogP contribution >= 0.6 is 0 Å². The molecule has 2 nitrogen and oxygen atoms in total. The van der Waals surface area contributed by atoms with E-state index in [4.69, 9.17) is 0 Å². The normalized spacial score (nSPS) is 12.3. The molecule has 0 spiro atoms. The van der Waals surface area contributed by atoms with Crippen LogP contribution in [-0.2, 0) is 6.54 Å². The summed E-state index contributed by atoms with van der Waals surface area (Å²) in [5, 5.41) is 9.27. The topological polar surface area (TPSA) is 23.5 Å². The van der Waals surface area contributed by atoms with Gasteiger partial charge in [-0.15, -0.1) is 6.58 Å². The van der Waals surface area contributed by atoms with Crippen molar-refractivity contribution in [1.82, 2.24) is 4.90 Å². The lowest BCUT2D eigenvalue weighted by Crippen LogP contribution is -2.30. The number of halogens is 2. The van der Waals surface area contributed by atoms with Crippen molar-refractivity contribution in [2.24, 2.45) is 0 Å². The Balaban J connectivity index is 2.12. The Morgan fingerprint density at radius 1 is 1.09 bits per heavy atom. The summed E-state index contributed by atoms with van der Waals surface area (Å²) in [5.41, 5.74) is 1.81. The highest BCUT2D eigenvalue weighted by molar-refractivity contribution is 5.25. The lowest BCUT2D eigenvalue weighted by Gasteiger charge is -2.26. The van der Waals surface area contributed by atoms with E-state index < -0.39 is 11.6 Å². The fourth-order valence-electron chi connectivity index (χ4n) is 2.56. The third-order valence-electron chi connectivity index (χ3n) is 3.78. The first-order chi connectivity index (χ1) is 11.1. The molecule has 0 saturated heterocycles. The molecule has 2 aromatic carbocycles. The summed E-state index contributed by atoms with van der Waals surface area (Å²) < 4.78 is 26.5. The zero-order valence-electron chi connectivity index (χ0n) is 13.0. The molecule has 4 heteroatoms. The number of rotatable bonds is 8. The summed E-state index contributed by atoms with van der Waals surface area (Å²) in [6.07, 6.45) is 1.72. The molecule has 122 valence electrons. The van der Waals surface area contributed by atoms with Crippen LogP contribution in [0.1, 0.15) is 17.0 Å². The molecular formula is C19H21F2NO. The Bertz CT molecular complexity index is 631. The molecule has 0 aromatic heterocycles. The molecule has 0 aliphatic heterocycles. The van der Waals surface area contributed by atoms with Crippen LogP contribution in [0.5, 0.6) is 0 Å². The van der Waals surface area contributed by atoms with Gasteiger partial charge < -0.3 is 5.11 Å². The van der Waals surface area contributed by atoms with Crippen LogP contribution in [0.2, 0.25) is 0 Å². The maximum absolute atomic E-state index is 13.4. The van der Waals surface area contributed by atoms with Crippen molar-refractivity contribution < 1.29 is 13.9 Å². The lowest BCUT2D eigenvalue weighted by atomic mass is 9.98. The Labute approximate surface area is 135 Å². The van der Waals surface area contributed by atoms with Crippen LogP contribution < -0.4 is 0 Å². The highest BCUT2D eigenvalue weighted by Crippen LogP contribution is 2.21. The van der Waals surface area contributed by atoms with Gasteiger partial charge in [0.05, 0.1) is 6.61 Å². The van der Waals surface area contributed by atoms with Crippen molar-refractivity contribution in [3.05, 3.63) is 83.9 Å². The van der Waals surface area contributed by atoms with E-state index in [1.165, 1.54) is 6.07 Å². The Morgan fingerprint density at radius 3 is 2.43 bits per heavy atom. The molecule has 2 aromatic rings. The van der Waals surface area contributed by atoms with Gasteiger partial charge in [0, 0.05) is 25.6 Å². The molecule has 2 rings (SSSR count). The van der Waals surface area contributed by atoms with Crippen molar-refractivity contribution >= 4 is 0 Å². The highest BCUT2D eigenvalue weighted by Gasteiger charge is 2.15. The molecular weight excluding hydrogens is 296 g/mol. The van der Waals surface area contributed by atoms with E-state index in [9.17, 15) is 13.9 Å². The van der Waals surface area contributed by atoms with E-state index in [1.54, 1.807) is 12.1 Å². The number of aliphatic hydroxyl groups is 1. The van der Waals surface area contributed by atoms with E-state index in [1.807, 2.05) is 30.3 Å². The number of nitrogens with zero attached hydrogens (tertiary/aromatic N) is 1. The highest BCUT2D eigenvalue weighted by atomic mass is 19.2. The largest absolute Gasteiger partial charge is 0.395 e. The average molecular weight is 317 g/mol. The summed E-state index contributed by atoms with van der Waals surface area (Å²) in [4.78, 5) is 2.07. The predicted molar refractivity (Wildman–Crippen MR) is 88.1 cm³/mol. The molecule has 23 heavy (non-hydrogen) atoms. The van der Waals surface area contributed by atoms with E-state index in [-0.39, 0.29) is 12.5 Å². The summed E-state index contributed by atoms with van der Waals surface area (Å²) in [6.45, 7) is 5.59. The van der Waals surface area contributed by atoms with Crippen LogP contribution in [0.15, 0.2) is 61.2 Å². The summed E-state index contributed by atoms with van der Waals surface area (Å²) in [5.74, 6) is -1.85. The smallest absolute Gasteiger partial charge is 0.159 e. The molecule has 0 aliphatic rings. The van der Waals surface area contributed by atoms with E-state index >= 15 is 0 Å². The fraction of sp³-hybridized carbons (Fsp3) is 0.263. The number of benzene rings is 2. The second-order valence-corrected chi connectivity index (χ2v) is 5.46. The Hall–Kier alpha value is -2.04. The van der Waals surface area contributed by atoms with Crippen LogP contribution in [0, 0.1) is 11.6 Å². The van der Waals surface area contributed by atoms with Gasteiger partial charge in [0.2, 0.25) is 0 Å². The zero-order valence-corrected chi connectivity index (χ0v) is 13.0. The van der Waals surface area contributed by atoms with Crippen LogP contribution in [0.4, 0.5) is 8.78 Å². The van der Waals surface area contributed by atoms with Gasteiger partial charge >= 0.3 is 0 Å². The van der Waals surface area contributed by atoms with Crippen molar-refractivity contribution in [1.29, 1.82) is 0 Å². The minimum absolute atomic E-state index is 0.0362. The molecule has 0 heterocycles. The summed E-state index contributed by atoms with van der Waals surface area (Å²) >= 11 is 0. The molecule has 0 bridgehead atoms. The van der Waals surface area contributed by atoms with Gasteiger partial charge in [0.25, 0.3) is 0 Å². The molecule has 0 aliphatic carbocycles. The Kier molecular flexibility index (Phi) is 6.44. The van der Waals surface area contributed by atoms with Gasteiger partial charge in [-0.05, 0) is 23.3 Å². The van der Waals surface area contributed by atoms with Gasteiger partial charge in [-0.25, -0.2) is 8.78 Å². The standard InChI is InChI=1S/C19H21F2NO/c1-2-16(17-8-9-18(20)19(21)12-17)14-22(10-11-23)13-15-6-4-3-5-7-15/h2-9,12,16,23H,1,10-11,13-14H2/t16-/m1/s1. The lowest BCUT2D eigenvalue weighted by molar-refractivity contribution is 0.187. The van der Waals surface area contributed by atoms with Gasteiger partial charge in [-0.3, -0.25) is 4.90 Å². The van der Waals surface area contributed by atoms with Gasteiger partial charge in [-0.1, -0.05) is 42.5 Å². The van der Waals surface area contributed by atoms with Crippen LogP contribution in [0.3, 0.4) is 0 Å². The zero-order chi connectivity index (χ0) is 16.7. The summed E-state index contributed by atoms with van der Waals surface area (Å²) in [7, 11) is 0. The minimum Gasteiger partial charge on any atom is -0.395 e. The maximum Gasteiger partial charge on any atom is 0.159 e. The first-order valence-corrected chi connectivity index (χ1v) is 7.58. The van der Waals surface area contributed by atoms with E-state index in [2.05, 4.69) is 11.5 Å². The molecule has 0 radical (unpaired) electrons. The molecule has 0 amide bonds. The first kappa shape index (κ1) is 17.3. The van der Waals surface area contributed by atoms with E-state index in [0.717, 1.165) is 11.6 Å². The molecule has 0 saturated carbocycles. The summed E-state index contributed by atoms with van der Waals surface area (Å²) in [6, 6.07) is 13.8. The molecule has 0 fully saturated rings. The van der Waals surface area contributed by atoms with Gasteiger partial charge in [0.15, 0.2) is 11.6 Å². The SMILES string of the molecule is C=C[C@H](CN(CCO)Cc1ccccc1)c1ccc(F)c(F)c1. The van der Waals surface area contributed by atoms with Gasteiger partial charge in [0.1, 0.15) is 0 Å². The van der Waals surface area contributed by atoms with E-state index in [0.29, 0.717) is 25.2 Å². The van der Waals surface area contributed by atoms with Crippen LogP contribution in [-0.4, -0.2) is 29.7 Å². The number of hydrogen-bond acceptors (Lipinski definition) is 2. The first-order valence-electron chi connectivity index (χ1n) is 7.58. The molecule has 0 unspecified atom stereocenters. The second-order valence-electron chi connectivity index (χ2n) is 5.46. The fourth-order valence-corrected chi connectivity index (χ4v) is 2.56. The molecule has 1 atom stereocenters. The maximum atomic E-state index is 13.4. The average Bonchev–Trinajstić information content (AvgIpc) is 2.56. The number of hydrogen-bond donors (Lipinski definition) is 1. The monoisotopic (exact) mass is 317 g/mol. The second kappa shape index (κ2) is 8.56. The third kappa shape index (κ3) is 4.98. The van der Waals surface area contributed by atoms with Crippen molar-refractivity contribution in [3.8, 4) is 0 Å². The van der Waals surface area contributed by atoms with Gasteiger partial charge in [-0.2, -0.15) is 0 Å². The minimum atomic E-state index is -0.855. The Morgan fingerprint density at radius 2 is 1.83 bits per heavy atom. The molecule has 1 N–H and O–H groups in total. The van der Waals surface area contributed by atoms with Crippen molar-refractivity contribution in [2.45, 2.75) is 12.5 Å².